The monoisotopic (exact) mass is 544 g/mol. The van der Waals surface area contributed by atoms with Gasteiger partial charge in [0.15, 0.2) is 0 Å². The van der Waals surface area contributed by atoms with Crippen LogP contribution in [0.3, 0.4) is 0 Å². The van der Waals surface area contributed by atoms with E-state index in [-0.39, 0.29) is 58.0 Å². The van der Waals surface area contributed by atoms with Crippen molar-refractivity contribution in [3.63, 3.8) is 0 Å². The fourth-order valence-corrected chi connectivity index (χ4v) is 5.99. The summed E-state index contributed by atoms with van der Waals surface area (Å²) in [7, 11) is 0. The summed E-state index contributed by atoms with van der Waals surface area (Å²) < 4.78 is 18.9. The number of phenols is 5. The number of fused-ring (bicyclic) bond motifs is 8. The maximum atomic E-state index is 11.9. The van der Waals surface area contributed by atoms with Crippen molar-refractivity contribution in [1.82, 2.24) is 0 Å². The van der Waals surface area contributed by atoms with E-state index < -0.39 is 30.0 Å². The molecule has 0 amide bonds. The van der Waals surface area contributed by atoms with Gasteiger partial charge in [-0.05, 0) is 42.0 Å². The molecule has 0 fully saturated rings. The molecule has 3 heterocycles. The zero-order chi connectivity index (χ0) is 27.9. The predicted octanol–water partition coefficient (Wildman–Crippen LogP) is 3.38. The van der Waals surface area contributed by atoms with E-state index in [4.69, 9.17) is 14.2 Å². The molecule has 40 heavy (non-hydrogen) atoms. The van der Waals surface area contributed by atoms with Crippen molar-refractivity contribution in [3.8, 4) is 46.0 Å². The second-order valence-electron chi connectivity index (χ2n) is 10.2. The first-order valence-corrected chi connectivity index (χ1v) is 12.6. The summed E-state index contributed by atoms with van der Waals surface area (Å²) in [5.74, 6) is -3.36. The van der Waals surface area contributed by atoms with Gasteiger partial charge in [0.05, 0.1) is 12.0 Å². The number of hydrogen-bond donors (Lipinski definition) is 7. The quantitative estimate of drug-likeness (QED) is 0.199. The van der Waals surface area contributed by atoms with Crippen LogP contribution in [0.15, 0.2) is 66.7 Å². The lowest BCUT2D eigenvalue weighted by Crippen LogP contribution is -2.57. The number of ether oxygens (including phenoxy) is 3. The average molecular weight is 545 g/mol. The average Bonchev–Trinajstić information content (AvgIpc) is 2.90. The summed E-state index contributed by atoms with van der Waals surface area (Å²) in [5.41, 5.74) is 1.69. The molecule has 10 heteroatoms. The van der Waals surface area contributed by atoms with Gasteiger partial charge in [-0.1, -0.05) is 12.1 Å². The number of rotatable bonds is 2. The highest BCUT2D eigenvalue weighted by molar-refractivity contribution is 5.67. The van der Waals surface area contributed by atoms with Gasteiger partial charge in [0, 0.05) is 46.9 Å². The number of benzene rings is 4. The first-order valence-electron chi connectivity index (χ1n) is 12.6. The summed E-state index contributed by atoms with van der Waals surface area (Å²) in [5, 5.41) is 74.7. The Hall–Kier alpha value is -4.80. The topological polar surface area (TPSA) is 169 Å². The molecule has 0 saturated carbocycles. The van der Waals surface area contributed by atoms with Gasteiger partial charge in [-0.25, -0.2) is 0 Å². The minimum atomic E-state index is -1.89. The lowest BCUT2D eigenvalue weighted by molar-refractivity contribution is -0.219. The molecule has 4 aromatic carbocycles. The Balaban J connectivity index is 1.47. The van der Waals surface area contributed by atoms with Gasteiger partial charge in [-0.15, -0.1) is 0 Å². The molecule has 3 aliphatic rings. The van der Waals surface area contributed by atoms with E-state index in [1.165, 1.54) is 48.5 Å². The molecular weight excluding hydrogens is 520 g/mol. The first kappa shape index (κ1) is 24.3. The standard InChI is InChI=1S/C30H24O10/c31-15-5-1-13(2-6-15)27-21(36)11-18-19(34)12-23-25(28(18)38-27)26-24-20(35)9-17(33)10-22(24)39-30(40-23,29(26)37)14-3-7-16(32)8-4-14/h1-10,12,21,26-27,29,31-37H,11H2/t21-,26-,27-,29-,30+/m0/s1. The van der Waals surface area contributed by atoms with Crippen molar-refractivity contribution in [2.45, 2.75) is 36.4 Å². The maximum Gasteiger partial charge on any atom is 0.305 e. The second-order valence-corrected chi connectivity index (χ2v) is 10.2. The van der Waals surface area contributed by atoms with Crippen LogP contribution in [0.2, 0.25) is 0 Å². The number of aliphatic hydroxyl groups excluding tert-OH is 2. The van der Waals surface area contributed by atoms with Gasteiger partial charge < -0.3 is 50.0 Å². The molecule has 0 saturated heterocycles. The fourth-order valence-electron chi connectivity index (χ4n) is 5.99. The summed E-state index contributed by atoms with van der Waals surface area (Å²) in [4.78, 5) is 0. The van der Waals surface area contributed by atoms with Crippen LogP contribution in [-0.4, -0.2) is 48.0 Å². The van der Waals surface area contributed by atoms with Crippen molar-refractivity contribution >= 4 is 0 Å². The number of phenolic OH excluding ortho intramolecular Hbond substituents is 5. The van der Waals surface area contributed by atoms with Crippen LogP contribution in [0.5, 0.6) is 46.0 Å². The van der Waals surface area contributed by atoms with Gasteiger partial charge in [-0.2, -0.15) is 0 Å². The van der Waals surface area contributed by atoms with Crippen molar-refractivity contribution < 1.29 is 50.0 Å². The molecule has 0 spiro atoms. The molecule has 0 aliphatic carbocycles. The van der Waals surface area contributed by atoms with Crippen LogP contribution in [-0.2, 0) is 12.2 Å². The lowest BCUT2D eigenvalue weighted by atomic mass is 9.74. The number of aliphatic hydroxyl groups is 2. The molecule has 5 atom stereocenters. The molecule has 7 N–H and O–H groups in total. The minimum absolute atomic E-state index is 0.0107. The molecule has 0 aromatic heterocycles. The van der Waals surface area contributed by atoms with E-state index in [0.717, 1.165) is 6.07 Å². The molecule has 10 nitrogen and oxygen atoms in total. The van der Waals surface area contributed by atoms with E-state index in [2.05, 4.69) is 0 Å². The van der Waals surface area contributed by atoms with Gasteiger partial charge in [0.25, 0.3) is 0 Å². The summed E-state index contributed by atoms with van der Waals surface area (Å²) in [6.07, 6.45) is -3.38. The highest BCUT2D eigenvalue weighted by atomic mass is 16.7. The highest BCUT2D eigenvalue weighted by Crippen LogP contribution is 2.62. The van der Waals surface area contributed by atoms with Gasteiger partial charge >= 0.3 is 5.79 Å². The summed E-state index contributed by atoms with van der Waals surface area (Å²) in [6, 6.07) is 15.8. The molecule has 0 radical (unpaired) electrons. The second kappa shape index (κ2) is 8.35. The zero-order valence-electron chi connectivity index (χ0n) is 20.7. The highest BCUT2D eigenvalue weighted by Gasteiger charge is 2.60. The van der Waals surface area contributed by atoms with Crippen molar-refractivity contribution in [3.05, 3.63) is 94.5 Å². The predicted molar refractivity (Wildman–Crippen MR) is 138 cm³/mol. The Morgan fingerprint density at radius 3 is 1.98 bits per heavy atom. The van der Waals surface area contributed by atoms with Crippen LogP contribution in [0.4, 0.5) is 0 Å². The van der Waals surface area contributed by atoms with Crippen LogP contribution in [0, 0.1) is 0 Å². The van der Waals surface area contributed by atoms with E-state index in [1.807, 2.05) is 0 Å². The van der Waals surface area contributed by atoms with Crippen molar-refractivity contribution in [2.75, 3.05) is 0 Å². The van der Waals surface area contributed by atoms with Gasteiger partial charge in [-0.3, -0.25) is 0 Å². The number of aromatic hydroxyl groups is 5. The Morgan fingerprint density at radius 2 is 1.30 bits per heavy atom. The number of hydrogen-bond acceptors (Lipinski definition) is 10. The minimum Gasteiger partial charge on any atom is -0.508 e. The fraction of sp³-hybridized carbons (Fsp3) is 0.200. The van der Waals surface area contributed by atoms with Crippen LogP contribution < -0.4 is 14.2 Å². The van der Waals surface area contributed by atoms with E-state index in [1.54, 1.807) is 12.1 Å². The van der Waals surface area contributed by atoms with E-state index in [0.29, 0.717) is 22.3 Å². The lowest BCUT2D eigenvalue weighted by Gasteiger charge is -2.50. The Kier molecular flexibility index (Phi) is 5.06. The molecule has 7 rings (SSSR count). The Labute approximate surface area is 227 Å². The molecule has 204 valence electrons. The van der Waals surface area contributed by atoms with Gasteiger partial charge in [0.1, 0.15) is 58.2 Å². The Morgan fingerprint density at radius 1 is 0.675 bits per heavy atom. The smallest absolute Gasteiger partial charge is 0.305 e. The molecule has 3 aliphatic heterocycles. The normalized spacial score (nSPS) is 25.9. The first-order chi connectivity index (χ1) is 19.2. The molecule has 2 bridgehead atoms. The van der Waals surface area contributed by atoms with Crippen molar-refractivity contribution in [1.29, 1.82) is 0 Å². The third kappa shape index (κ3) is 3.36. The van der Waals surface area contributed by atoms with Crippen LogP contribution in [0.1, 0.15) is 39.8 Å². The molecule has 0 unspecified atom stereocenters. The van der Waals surface area contributed by atoms with Crippen LogP contribution >= 0.6 is 0 Å². The largest absolute Gasteiger partial charge is 0.508 e. The third-order valence-corrected chi connectivity index (χ3v) is 7.82. The Bertz CT molecular complexity index is 1650. The third-order valence-electron chi connectivity index (χ3n) is 7.82. The summed E-state index contributed by atoms with van der Waals surface area (Å²) >= 11 is 0. The molecular formula is C30H24O10. The van der Waals surface area contributed by atoms with Gasteiger partial charge in [0.2, 0.25) is 0 Å². The van der Waals surface area contributed by atoms with E-state index in [9.17, 15) is 35.7 Å². The maximum absolute atomic E-state index is 11.9. The summed E-state index contributed by atoms with van der Waals surface area (Å²) in [6.45, 7) is 0. The van der Waals surface area contributed by atoms with E-state index >= 15 is 0 Å². The SMILES string of the molecule is Oc1ccc([C@@H]2Oc3c(c(O)cc4c3[C@@H]3c5c(O)cc(O)cc5O[C@](c5ccc(O)cc5)(O4)[C@H]3O)C[C@@H]2O)cc1. The zero-order valence-corrected chi connectivity index (χ0v) is 20.7. The van der Waals surface area contributed by atoms with Crippen LogP contribution in [0.25, 0.3) is 0 Å². The van der Waals surface area contributed by atoms with Crippen molar-refractivity contribution in [2.24, 2.45) is 0 Å². The molecule has 4 aromatic rings.